The van der Waals surface area contributed by atoms with Crippen LogP contribution in [0.3, 0.4) is 0 Å². The second-order valence-electron chi connectivity index (χ2n) is 8.17. The minimum absolute atomic E-state index is 0.134. The highest BCUT2D eigenvalue weighted by molar-refractivity contribution is 7.19. The molecule has 0 spiro atoms. The molecule has 2 heterocycles. The van der Waals surface area contributed by atoms with E-state index in [1.807, 2.05) is 6.92 Å². The highest BCUT2D eigenvalue weighted by Gasteiger charge is 2.33. The molecule has 0 amide bonds. The molecule has 2 aliphatic carbocycles. The van der Waals surface area contributed by atoms with Crippen molar-refractivity contribution >= 4 is 39.1 Å². The second kappa shape index (κ2) is 8.74. The molecule has 0 saturated heterocycles. The van der Waals surface area contributed by atoms with Gasteiger partial charge in [-0.3, -0.25) is 4.79 Å². The Balaban J connectivity index is 1.60. The number of carbonyl (C=O) groups is 1. The highest BCUT2D eigenvalue weighted by atomic mass is 35.5. The summed E-state index contributed by atoms with van der Waals surface area (Å²) in [7, 11) is 4.27. The average molecular weight is 438 g/mol. The standard InChI is InChI=1S/C21H28ClN3O3S/c1-4-27-16(26)11-12-5-10-15-17(12)18-19(23-21(22)24-20(18)29-15)28-14-8-6-13(7-9-14)25(2)3/h12-14H,4-11H2,1-3H3/t12-,13-,14-/m1/s1. The van der Waals surface area contributed by atoms with Gasteiger partial charge in [0.1, 0.15) is 10.9 Å². The summed E-state index contributed by atoms with van der Waals surface area (Å²) < 4.78 is 11.6. The number of hydrogen-bond acceptors (Lipinski definition) is 7. The Labute approximate surface area is 180 Å². The zero-order valence-electron chi connectivity index (χ0n) is 17.2. The van der Waals surface area contributed by atoms with Crippen LogP contribution in [0.1, 0.15) is 61.8 Å². The summed E-state index contributed by atoms with van der Waals surface area (Å²) >= 11 is 7.87. The van der Waals surface area contributed by atoms with Gasteiger partial charge >= 0.3 is 5.97 Å². The lowest BCUT2D eigenvalue weighted by molar-refractivity contribution is -0.143. The molecule has 1 fully saturated rings. The lowest BCUT2D eigenvalue weighted by atomic mass is 9.92. The molecular weight excluding hydrogens is 410 g/mol. The molecule has 4 rings (SSSR count). The fourth-order valence-corrected chi connectivity index (χ4v) is 6.10. The van der Waals surface area contributed by atoms with Crippen molar-refractivity contribution in [2.75, 3.05) is 20.7 Å². The number of esters is 1. The minimum Gasteiger partial charge on any atom is -0.474 e. The minimum atomic E-state index is -0.149. The van der Waals surface area contributed by atoms with E-state index in [2.05, 4.69) is 29.0 Å². The summed E-state index contributed by atoms with van der Waals surface area (Å²) in [5.74, 6) is 0.569. The maximum absolute atomic E-state index is 12.1. The van der Waals surface area contributed by atoms with Gasteiger partial charge in [0, 0.05) is 10.9 Å². The molecule has 0 aliphatic heterocycles. The number of hydrogen-bond donors (Lipinski definition) is 0. The van der Waals surface area contributed by atoms with Gasteiger partial charge in [-0.05, 0) is 82.6 Å². The van der Waals surface area contributed by atoms with Gasteiger partial charge in [0.15, 0.2) is 0 Å². The molecule has 2 aromatic heterocycles. The predicted octanol–water partition coefficient (Wildman–Crippen LogP) is 4.58. The smallest absolute Gasteiger partial charge is 0.306 e. The van der Waals surface area contributed by atoms with Gasteiger partial charge in [-0.2, -0.15) is 4.98 Å². The third-order valence-electron chi connectivity index (χ3n) is 6.10. The van der Waals surface area contributed by atoms with E-state index in [0.29, 0.717) is 24.9 Å². The molecule has 8 heteroatoms. The number of rotatable bonds is 6. The molecule has 0 radical (unpaired) electrons. The topological polar surface area (TPSA) is 64.5 Å². The van der Waals surface area contributed by atoms with Crippen LogP contribution in [0.25, 0.3) is 10.2 Å². The molecule has 158 valence electrons. The molecule has 29 heavy (non-hydrogen) atoms. The van der Waals surface area contributed by atoms with Crippen LogP contribution >= 0.6 is 22.9 Å². The van der Waals surface area contributed by atoms with Crippen LogP contribution in [0, 0.1) is 0 Å². The normalized spacial score (nSPS) is 24.1. The summed E-state index contributed by atoms with van der Waals surface area (Å²) in [6, 6.07) is 0.614. The maximum atomic E-state index is 12.1. The van der Waals surface area contributed by atoms with Crippen molar-refractivity contribution in [2.24, 2.45) is 0 Å². The van der Waals surface area contributed by atoms with Crippen molar-refractivity contribution in [3.8, 4) is 5.88 Å². The van der Waals surface area contributed by atoms with Gasteiger partial charge in [0.25, 0.3) is 0 Å². The summed E-state index contributed by atoms with van der Waals surface area (Å²) in [6.07, 6.45) is 6.68. The number of carbonyl (C=O) groups excluding carboxylic acids is 1. The molecule has 2 aliphatic rings. The van der Waals surface area contributed by atoms with E-state index in [4.69, 9.17) is 21.1 Å². The van der Waals surface area contributed by atoms with E-state index in [1.165, 1.54) is 10.4 Å². The van der Waals surface area contributed by atoms with Gasteiger partial charge < -0.3 is 14.4 Å². The Morgan fingerprint density at radius 3 is 2.66 bits per heavy atom. The van der Waals surface area contributed by atoms with E-state index < -0.39 is 0 Å². The van der Waals surface area contributed by atoms with Crippen molar-refractivity contribution in [1.29, 1.82) is 0 Å². The quantitative estimate of drug-likeness (QED) is 0.486. The number of nitrogens with zero attached hydrogens (tertiary/aromatic N) is 3. The Hall–Kier alpha value is -1.44. The SMILES string of the molecule is CCOC(=O)C[C@H]1CCc2sc3nc(Cl)nc(O[C@H]4CC[C@H](N(C)C)CC4)c3c21. The molecular formula is C21H28ClN3O3S. The average Bonchev–Trinajstić information content (AvgIpc) is 3.21. The lowest BCUT2D eigenvalue weighted by Crippen LogP contribution is -2.35. The summed E-state index contributed by atoms with van der Waals surface area (Å²) in [4.78, 5) is 25.4. The van der Waals surface area contributed by atoms with Gasteiger partial charge in [-0.25, -0.2) is 4.98 Å². The first-order valence-corrected chi connectivity index (χ1v) is 11.6. The Morgan fingerprint density at radius 1 is 1.21 bits per heavy atom. The number of aromatic nitrogens is 2. The fourth-order valence-electron chi connectivity index (χ4n) is 4.63. The van der Waals surface area contributed by atoms with Gasteiger partial charge in [-0.15, -0.1) is 11.3 Å². The number of fused-ring (bicyclic) bond motifs is 3. The zero-order valence-corrected chi connectivity index (χ0v) is 18.8. The van der Waals surface area contributed by atoms with Gasteiger partial charge in [-0.1, -0.05) is 0 Å². The Kier molecular flexibility index (Phi) is 6.27. The van der Waals surface area contributed by atoms with Crippen molar-refractivity contribution < 1.29 is 14.3 Å². The zero-order chi connectivity index (χ0) is 20.5. The monoisotopic (exact) mass is 437 g/mol. The third-order valence-corrected chi connectivity index (χ3v) is 7.43. The van der Waals surface area contributed by atoms with Crippen molar-refractivity contribution in [1.82, 2.24) is 14.9 Å². The van der Waals surface area contributed by atoms with Crippen LogP contribution in [0.2, 0.25) is 5.28 Å². The van der Waals surface area contributed by atoms with E-state index in [0.717, 1.165) is 48.7 Å². The van der Waals surface area contributed by atoms with Crippen molar-refractivity contribution in [2.45, 2.75) is 69.9 Å². The van der Waals surface area contributed by atoms with E-state index in [-0.39, 0.29) is 23.3 Å². The maximum Gasteiger partial charge on any atom is 0.306 e. The van der Waals surface area contributed by atoms with E-state index in [1.54, 1.807) is 11.3 Å². The van der Waals surface area contributed by atoms with E-state index >= 15 is 0 Å². The Morgan fingerprint density at radius 2 is 1.97 bits per heavy atom. The van der Waals surface area contributed by atoms with Crippen LogP contribution in [0.5, 0.6) is 5.88 Å². The first kappa shape index (κ1) is 20.8. The highest BCUT2D eigenvalue weighted by Crippen LogP contribution is 2.48. The van der Waals surface area contributed by atoms with Crippen molar-refractivity contribution in [3.63, 3.8) is 0 Å². The summed E-state index contributed by atoms with van der Waals surface area (Å²) in [5, 5.41) is 1.17. The first-order chi connectivity index (χ1) is 14.0. The number of ether oxygens (including phenoxy) is 2. The fraction of sp³-hybridized carbons (Fsp3) is 0.667. The number of aryl methyl sites for hydroxylation is 1. The largest absolute Gasteiger partial charge is 0.474 e. The van der Waals surface area contributed by atoms with Gasteiger partial charge in [0.05, 0.1) is 18.4 Å². The molecule has 1 atom stereocenters. The Bertz CT molecular complexity index is 893. The molecule has 0 unspecified atom stereocenters. The number of halogens is 1. The lowest BCUT2D eigenvalue weighted by Gasteiger charge is -2.32. The van der Waals surface area contributed by atoms with Gasteiger partial charge in [0.2, 0.25) is 11.2 Å². The van der Waals surface area contributed by atoms with Crippen LogP contribution in [0.15, 0.2) is 0 Å². The van der Waals surface area contributed by atoms with Crippen molar-refractivity contribution in [3.05, 3.63) is 15.7 Å². The van der Waals surface area contributed by atoms with Crippen LogP contribution < -0.4 is 4.74 Å². The first-order valence-electron chi connectivity index (χ1n) is 10.4. The van der Waals surface area contributed by atoms with Crippen LogP contribution in [-0.4, -0.2) is 53.7 Å². The number of thiophene rings is 1. The molecule has 0 aromatic carbocycles. The molecule has 0 bridgehead atoms. The molecule has 0 N–H and O–H groups in total. The second-order valence-corrected chi connectivity index (χ2v) is 9.60. The molecule has 1 saturated carbocycles. The molecule has 2 aromatic rings. The predicted molar refractivity (Wildman–Crippen MR) is 115 cm³/mol. The summed E-state index contributed by atoms with van der Waals surface area (Å²) in [5.41, 5.74) is 1.17. The third kappa shape index (κ3) is 4.37. The molecule has 6 nitrogen and oxygen atoms in total. The van der Waals surface area contributed by atoms with E-state index in [9.17, 15) is 4.79 Å². The van der Waals surface area contributed by atoms with Crippen LogP contribution in [0.4, 0.5) is 0 Å². The van der Waals surface area contributed by atoms with Crippen LogP contribution in [-0.2, 0) is 16.0 Å². The summed E-state index contributed by atoms with van der Waals surface area (Å²) in [6.45, 7) is 2.25.